The zero-order valence-electron chi connectivity index (χ0n) is 12.8. The maximum absolute atomic E-state index is 12.4. The number of benzene rings is 2. The van der Waals surface area contributed by atoms with Gasteiger partial charge in [-0.3, -0.25) is 4.79 Å². The van der Waals surface area contributed by atoms with Crippen molar-refractivity contribution < 1.29 is 9.90 Å². The number of fused-ring (bicyclic) bond motifs is 1. The molecule has 0 saturated carbocycles. The van der Waals surface area contributed by atoms with Crippen LogP contribution in [0.4, 0.5) is 0 Å². The van der Waals surface area contributed by atoms with Gasteiger partial charge in [-0.05, 0) is 30.2 Å². The van der Waals surface area contributed by atoms with Crippen LogP contribution in [0.15, 0.2) is 48.5 Å². The molecule has 2 aromatic carbocycles. The van der Waals surface area contributed by atoms with E-state index in [2.05, 4.69) is 15.3 Å². The number of rotatable bonds is 4. The molecule has 5 heteroatoms. The number of aromatic nitrogens is 2. The first-order valence-corrected chi connectivity index (χ1v) is 7.37. The highest BCUT2D eigenvalue weighted by Gasteiger charge is 2.13. The Morgan fingerprint density at radius 2 is 1.61 bits per heavy atom. The first kappa shape index (κ1) is 15.1. The maximum Gasteiger partial charge on any atom is 0.272 e. The number of carbonyl (C=O) groups is 1. The Bertz CT molecular complexity index is 845. The molecule has 1 heterocycles. The molecular formula is C18H17N3O2. The Labute approximate surface area is 134 Å². The van der Waals surface area contributed by atoms with Crippen molar-refractivity contribution >= 4 is 16.9 Å². The first-order chi connectivity index (χ1) is 11.2. The highest BCUT2D eigenvalue weighted by Crippen LogP contribution is 2.12. The summed E-state index contributed by atoms with van der Waals surface area (Å²) >= 11 is 0. The quantitative estimate of drug-likeness (QED) is 0.776. The van der Waals surface area contributed by atoms with Crippen LogP contribution in [0.25, 0.3) is 11.0 Å². The lowest BCUT2D eigenvalue weighted by Gasteiger charge is -2.08. The summed E-state index contributed by atoms with van der Waals surface area (Å²) in [6.07, 6.45) is 0. The Balaban J connectivity index is 1.76. The van der Waals surface area contributed by atoms with Crippen LogP contribution in [-0.4, -0.2) is 21.0 Å². The molecule has 2 N–H and O–H groups in total. The Hall–Kier alpha value is -2.79. The van der Waals surface area contributed by atoms with Gasteiger partial charge in [-0.1, -0.05) is 36.4 Å². The van der Waals surface area contributed by atoms with E-state index in [0.717, 1.165) is 16.6 Å². The van der Waals surface area contributed by atoms with Gasteiger partial charge in [0.1, 0.15) is 5.69 Å². The van der Waals surface area contributed by atoms with Gasteiger partial charge in [0.25, 0.3) is 5.91 Å². The number of carbonyl (C=O) groups excluding carboxylic acids is 1. The molecule has 0 saturated heterocycles. The van der Waals surface area contributed by atoms with Gasteiger partial charge < -0.3 is 10.4 Å². The van der Waals surface area contributed by atoms with Crippen LogP contribution in [0.2, 0.25) is 0 Å². The number of hydrogen-bond acceptors (Lipinski definition) is 4. The summed E-state index contributed by atoms with van der Waals surface area (Å²) in [6, 6.07) is 14.9. The summed E-state index contributed by atoms with van der Waals surface area (Å²) < 4.78 is 0. The molecule has 1 aromatic heterocycles. The van der Waals surface area contributed by atoms with Gasteiger partial charge in [0, 0.05) is 6.54 Å². The topological polar surface area (TPSA) is 75.1 Å². The second kappa shape index (κ2) is 6.54. The molecule has 0 aliphatic carbocycles. The second-order valence-corrected chi connectivity index (χ2v) is 5.30. The third kappa shape index (κ3) is 3.35. The van der Waals surface area contributed by atoms with Gasteiger partial charge >= 0.3 is 0 Å². The summed E-state index contributed by atoms with van der Waals surface area (Å²) in [4.78, 5) is 21.2. The number of hydrogen-bond donors (Lipinski definition) is 2. The Morgan fingerprint density at radius 1 is 1.00 bits per heavy atom. The minimum Gasteiger partial charge on any atom is -0.392 e. The van der Waals surface area contributed by atoms with Crippen molar-refractivity contribution in [3.05, 3.63) is 71.0 Å². The van der Waals surface area contributed by atoms with E-state index in [9.17, 15) is 4.79 Å². The SMILES string of the molecule is Cc1nc2ccccc2nc1C(=O)NCc1ccc(CO)cc1. The van der Waals surface area contributed by atoms with Crippen LogP contribution in [0.5, 0.6) is 0 Å². The van der Waals surface area contributed by atoms with E-state index in [4.69, 9.17) is 5.11 Å². The molecular weight excluding hydrogens is 290 g/mol. The largest absolute Gasteiger partial charge is 0.392 e. The van der Waals surface area contributed by atoms with Crippen LogP contribution < -0.4 is 5.32 Å². The van der Waals surface area contributed by atoms with Crippen molar-refractivity contribution in [2.45, 2.75) is 20.1 Å². The van der Waals surface area contributed by atoms with E-state index in [-0.39, 0.29) is 12.5 Å². The Morgan fingerprint density at radius 3 is 2.26 bits per heavy atom. The second-order valence-electron chi connectivity index (χ2n) is 5.30. The first-order valence-electron chi connectivity index (χ1n) is 7.37. The molecule has 0 unspecified atom stereocenters. The van der Waals surface area contributed by atoms with Crippen LogP contribution in [0, 0.1) is 6.92 Å². The van der Waals surface area contributed by atoms with Crippen molar-refractivity contribution in [2.75, 3.05) is 0 Å². The summed E-state index contributed by atoms with van der Waals surface area (Å²) in [7, 11) is 0. The van der Waals surface area contributed by atoms with Gasteiger partial charge in [-0.25, -0.2) is 9.97 Å². The molecule has 0 aliphatic heterocycles. The zero-order chi connectivity index (χ0) is 16.2. The van der Waals surface area contributed by atoms with Gasteiger partial charge in [-0.2, -0.15) is 0 Å². The number of aryl methyl sites for hydroxylation is 1. The van der Waals surface area contributed by atoms with Crippen LogP contribution in [-0.2, 0) is 13.2 Å². The number of para-hydroxylation sites is 2. The Kier molecular flexibility index (Phi) is 4.30. The molecule has 0 bridgehead atoms. The van der Waals surface area contributed by atoms with E-state index in [0.29, 0.717) is 23.4 Å². The predicted octanol–water partition coefficient (Wildman–Crippen LogP) is 2.36. The van der Waals surface area contributed by atoms with Crippen molar-refractivity contribution in [3.63, 3.8) is 0 Å². The smallest absolute Gasteiger partial charge is 0.272 e. The van der Waals surface area contributed by atoms with Gasteiger partial charge in [-0.15, -0.1) is 0 Å². The highest BCUT2D eigenvalue weighted by atomic mass is 16.3. The van der Waals surface area contributed by atoms with E-state index in [1.807, 2.05) is 48.5 Å². The lowest BCUT2D eigenvalue weighted by molar-refractivity contribution is 0.0945. The number of amides is 1. The normalized spacial score (nSPS) is 10.7. The number of aliphatic hydroxyl groups excluding tert-OH is 1. The van der Waals surface area contributed by atoms with Crippen molar-refractivity contribution in [1.82, 2.24) is 15.3 Å². The summed E-state index contributed by atoms with van der Waals surface area (Å²) in [5, 5.41) is 11.9. The number of nitrogens with one attached hydrogen (secondary N) is 1. The van der Waals surface area contributed by atoms with Crippen molar-refractivity contribution in [3.8, 4) is 0 Å². The minimum absolute atomic E-state index is 0.0124. The summed E-state index contributed by atoms with van der Waals surface area (Å²) in [5.74, 6) is -0.244. The molecule has 0 aliphatic rings. The predicted molar refractivity (Wildman–Crippen MR) is 87.8 cm³/mol. The molecule has 0 radical (unpaired) electrons. The third-order valence-electron chi connectivity index (χ3n) is 3.62. The van der Waals surface area contributed by atoms with Gasteiger partial charge in [0.15, 0.2) is 0 Å². The molecule has 0 fully saturated rings. The summed E-state index contributed by atoms with van der Waals surface area (Å²) in [6.45, 7) is 2.20. The molecule has 116 valence electrons. The maximum atomic E-state index is 12.4. The van der Waals surface area contributed by atoms with Gasteiger partial charge in [0.05, 0.1) is 23.3 Å². The standard InChI is InChI=1S/C18H17N3O2/c1-12-17(21-16-5-3-2-4-15(16)20-12)18(23)19-10-13-6-8-14(11-22)9-7-13/h2-9,22H,10-11H2,1H3,(H,19,23). The van der Waals surface area contributed by atoms with E-state index >= 15 is 0 Å². The van der Waals surface area contributed by atoms with Crippen LogP contribution in [0.3, 0.4) is 0 Å². The zero-order valence-corrected chi connectivity index (χ0v) is 12.8. The monoisotopic (exact) mass is 307 g/mol. The average Bonchev–Trinajstić information content (AvgIpc) is 2.59. The van der Waals surface area contributed by atoms with Crippen molar-refractivity contribution in [1.29, 1.82) is 0 Å². The number of aliphatic hydroxyl groups is 1. The fraction of sp³-hybridized carbons (Fsp3) is 0.167. The van der Waals surface area contributed by atoms with Crippen LogP contribution >= 0.6 is 0 Å². The van der Waals surface area contributed by atoms with E-state index in [1.165, 1.54) is 0 Å². The molecule has 1 amide bonds. The van der Waals surface area contributed by atoms with Gasteiger partial charge in [0.2, 0.25) is 0 Å². The van der Waals surface area contributed by atoms with Crippen LogP contribution in [0.1, 0.15) is 27.3 Å². The minimum atomic E-state index is -0.244. The highest BCUT2D eigenvalue weighted by molar-refractivity contribution is 5.95. The number of nitrogens with zero attached hydrogens (tertiary/aromatic N) is 2. The molecule has 3 rings (SSSR count). The third-order valence-corrected chi connectivity index (χ3v) is 3.62. The van der Waals surface area contributed by atoms with E-state index < -0.39 is 0 Å². The molecule has 3 aromatic rings. The lowest BCUT2D eigenvalue weighted by atomic mass is 10.1. The lowest BCUT2D eigenvalue weighted by Crippen LogP contribution is -2.25. The fourth-order valence-corrected chi connectivity index (χ4v) is 2.33. The van der Waals surface area contributed by atoms with E-state index in [1.54, 1.807) is 6.92 Å². The molecule has 0 spiro atoms. The molecule has 5 nitrogen and oxygen atoms in total. The summed E-state index contributed by atoms with van der Waals surface area (Å²) in [5.41, 5.74) is 4.24. The average molecular weight is 307 g/mol. The van der Waals surface area contributed by atoms with Crippen molar-refractivity contribution in [2.24, 2.45) is 0 Å². The molecule has 23 heavy (non-hydrogen) atoms. The molecule has 0 atom stereocenters. The fourth-order valence-electron chi connectivity index (χ4n) is 2.33.